The van der Waals surface area contributed by atoms with Gasteiger partial charge in [-0.2, -0.15) is 0 Å². The van der Waals surface area contributed by atoms with Gasteiger partial charge in [0.1, 0.15) is 11.5 Å². The molecule has 2 unspecified atom stereocenters. The summed E-state index contributed by atoms with van der Waals surface area (Å²) in [5.74, 6) is 3.37. The third-order valence-corrected chi connectivity index (χ3v) is 13.6. The third-order valence-electron chi connectivity index (χ3n) is 11.9. The number of ether oxygens (including phenoxy) is 2. The van der Waals surface area contributed by atoms with E-state index in [0.29, 0.717) is 11.8 Å². The summed E-state index contributed by atoms with van der Waals surface area (Å²) in [4.78, 5) is 0. The minimum atomic E-state index is 0. The van der Waals surface area contributed by atoms with Gasteiger partial charge in [0, 0.05) is 71.1 Å². The van der Waals surface area contributed by atoms with Crippen LogP contribution >= 0.6 is 21.9 Å². The van der Waals surface area contributed by atoms with Crippen LogP contribution in [0.25, 0.3) is 12.2 Å². The van der Waals surface area contributed by atoms with Crippen molar-refractivity contribution >= 4 is 91.9 Å². The van der Waals surface area contributed by atoms with Gasteiger partial charge in [0.15, 0.2) is 0 Å². The minimum absolute atomic E-state index is 0. The molecule has 0 N–H and O–H groups in total. The molecular formula is C56H108O2S2Sn2. The van der Waals surface area contributed by atoms with Gasteiger partial charge < -0.3 is 9.47 Å². The van der Waals surface area contributed by atoms with Gasteiger partial charge >= 0.3 is 0 Å². The van der Waals surface area contributed by atoms with Gasteiger partial charge in [-0.15, -0.1) is 0 Å². The molecule has 0 saturated heterocycles. The predicted octanol–water partition coefficient (Wildman–Crippen LogP) is 20.1. The predicted molar refractivity (Wildman–Crippen MR) is 299 cm³/mol. The third kappa shape index (κ3) is 31.2. The summed E-state index contributed by atoms with van der Waals surface area (Å²) < 4.78 is 16.3. The summed E-state index contributed by atoms with van der Waals surface area (Å²) >= 11 is 0. The zero-order valence-corrected chi connectivity index (χ0v) is 44.3. The molecule has 6 heteroatoms. The standard InChI is InChI=1S/C50H84O2S2.6CH4.2Sn/c1-5-9-13-17-21-23-27-31-35-43(33-29-25-19-15-11-7-3)41-51-47-45-37-39-54-50(45)48(46-38-40-53-49(46)47)52-42-44(34-30-26-20-16-12-8-4)36-32-28-24-22-18-14-10-6-2;;;;;;;;/h37-38,43-44H,5-36,41-42H2,1-4H3;6*1H4;;. The van der Waals surface area contributed by atoms with Gasteiger partial charge in [0.05, 0.1) is 22.2 Å². The Balaban J connectivity index is -0.000000980. The van der Waals surface area contributed by atoms with Gasteiger partial charge in [-0.1, -0.05) is 284 Å². The molecule has 0 aromatic heterocycles. The van der Waals surface area contributed by atoms with E-state index in [9.17, 15) is 0 Å². The zero-order chi connectivity index (χ0) is 38.3. The Morgan fingerprint density at radius 1 is 0.371 bits per heavy atom. The maximum Gasteiger partial charge on any atom is 0.147 e. The number of benzene rings is 1. The molecule has 62 heavy (non-hydrogen) atoms. The first-order chi connectivity index (χ1) is 26.7. The molecule has 0 amide bonds. The molecule has 1 aromatic rings. The first kappa shape index (κ1) is 73.7. The quantitative estimate of drug-likeness (QED) is 0.0323. The Kier molecular flexibility index (Phi) is 60.1. The Labute approximate surface area is 432 Å². The molecule has 0 fully saturated rings. The Morgan fingerprint density at radius 3 is 0.839 bits per heavy atom. The second-order valence-corrected chi connectivity index (χ2v) is 18.6. The van der Waals surface area contributed by atoms with Crippen LogP contribution in [-0.4, -0.2) is 71.1 Å². The Bertz CT molecular complexity index is 1310. The van der Waals surface area contributed by atoms with Crippen molar-refractivity contribution in [1.82, 2.24) is 0 Å². The maximum atomic E-state index is 6.93. The molecule has 2 heterocycles. The fraction of sp³-hybridized carbons (Fsp3) is 0.821. The van der Waals surface area contributed by atoms with E-state index in [4.69, 9.17) is 9.47 Å². The smallest absolute Gasteiger partial charge is 0.147 e. The number of hydrogen-bond donors (Lipinski definition) is 0. The summed E-state index contributed by atoms with van der Waals surface area (Å²) in [6, 6.07) is 0. The molecule has 3 rings (SSSR count). The monoisotopic (exact) mass is 1120 g/mol. The first-order valence-corrected chi connectivity index (χ1v) is 25.4. The van der Waals surface area contributed by atoms with Crippen molar-refractivity contribution in [2.45, 2.75) is 278 Å². The summed E-state index contributed by atoms with van der Waals surface area (Å²) in [5, 5.41) is 6.97. The van der Waals surface area contributed by atoms with Gasteiger partial charge in [-0.05, 0) is 37.5 Å². The molecule has 0 spiro atoms. The molecule has 1 aromatic carbocycles. The van der Waals surface area contributed by atoms with Crippen molar-refractivity contribution in [2.75, 3.05) is 13.2 Å². The van der Waals surface area contributed by atoms with Crippen LogP contribution < -0.4 is 9.47 Å². The normalized spacial score (nSPS) is 11.8. The fourth-order valence-corrected chi connectivity index (χ4v) is 9.96. The van der Waals surface area contributed by atoms with Crippen molar-refractivity contribution in [3.8, 4) is 11.5 Å². The fourth-order valence-electron chi connectivity index (χ4n) is 8.33. The topological polar surface area (TPSA) is 18.5 Å². The van der Waals surface area contributed by atoms with Gasteiger partial charge in [0.2, 0.25) is 0 Å². The van der Waals surface area contributed by atoms with Crippen molar-refractivity contribution in [2.24, 2.45) is 11.8 Å². The van der Waals surface area contributed by atoms with Crippen LogP contribution in [-0.2, 0) is 0 Å². The van der Waals surface area contributed by atoms with Crippen LogP contribution in [0.2, 0.25) is 0 Å². The van der Waals surface area contributed by atoms with E-state index < -0.39 is 0 Å². The average molecular weight is 1120 g/mol. The summed E-state index contributed by atoms with van der Waals surface area (Å²) in [7, 11) is 3.41. The number of rotatable bonds is 38. The van der Waals surface area contributed by atoms with Crippen LogP contribution in [0.5, 0.6) is 11.5 Å². The molecule has 2 atom stereocenters. The molecule has 2 nitrogen and oxygen atoms in total. The van der Waals surface area contributed by atoms with Crippen molar-refractivity contribution in [3.63, 3.8) is 0 Å². The second-order valence-electron chi connectivity index (χ2n) is 16.9. The van der Waals surface area contributed by atoms with Crippen LogP contribution in [0.1, 0.15) is 289 Å². The van der Waals surface area contributed by atoms with E-state index in [-0.39, 0.29) is 92.4 Å². The van der Waals surface area contributed by atoms with Gasteiger partial charge in [-0.3, -0.25) is 0 Å². The zero-order valence-electron chi connectivity index (χ0n) is 37.0. The Hall–Kier alpha value is 0.157. The molecular weight excluding hydrogens is 1010 g/mol. The molecule has 0 aliphatic carbocycles. The molecule has 2 aliphatic heterocycles. The first-order valence-electron chi connectivity index (χ1n) is 23.7. The largest absolute Gasteiger partial charge is 0.491 e. The van der Waals surface area contributed by atoms with Gasteiger partial charge in [-0.25, -0.2) is 0 Å². The minimum Gasteiger partial charge on any atom is -0.491 e. The number of fused-ring (bicyclic) bond motifs is 2. The van der Waals surface area contributed by atoms with Crippen LogP contribution in [0.4, 0.5) is 0 Å². The molecule has 8 radical (unpaired) electrons. The average Bonchev–Trinajstić information content (AvgIpc) is 3.88. The van der Waals surface area contributed by atoms with E-state index in [1.807, 2.05) is 0 Å². The molecule has 0 saturated carbocycles. The Morgan fingerprint density at radius 2 is 0.597 bits per heavy atom. The van der Waals surface area contributed by atoms with Gasteiger partial charge in [0.25, 0.3) is 0 Å². The summed E-state index contributed by atoms with van der Waals surface area (Å²) in [6.45, 7) is 10.9. The SMILES string of the molecule is C.C.C.C.C.C.CCCCCCCCCCC(CCCCCCCC)COc1c2c(c(OCC(CCCCCCCC)CCCCCCCCCC)c3c1=S=C=C3)=S=C=C2.[Sn].[Sn]. The number of unbranched alkanes of at least 4 members (excludes halogenated alkanes) is 24. The van der Waals surface area contributed by atoms with Crippen molar-refractivity contribution < 1.29 is 9.47 Å². The van der Waals surface area contributed by atoms with E-state index in [1.54, 1.807) is 21.9 Å². The molecule has 364 valence electrons. The summed E-state index contributed by atoms with van der Waals surface area (Å²) in [6.07, 6.45) is 48.0. The van der Waals surface area contributed by atoms with Crippen LogP contribution in [0.15, 0.2) is 0 Å². The van der Waals surface area contributed by atoms with Crippen LogP contribution in [0.3, 0.4) is 0 Å². The van der Waals surface area contributed by atoms with E-state index in [1.165, 1.54) is 226 Å². The molecule has 0 bridgehead atoms. The number of hydrogen-bond acceptors (Lipinski definition) is 2. The maximum absolute atomic E-state index is 6.93. The van der Waals surface area contributed by atoms with Crippen molar-refractivity contribution in [1.29, 1.82) is 0 Å². The van der Waals surface area contributed by atoms with E-state index >= 15 is 0 Å². The van der Waals surface area contributed by atoms with E-state index in [0.717, 1.165) is 24.7 Å². The van der Waals surface area contributed by atoms with Crippen molar-refractivity contribution in [3.05, 3.63) is 20.1 Å². The van der Waals surface area contributed by atoms with E-state index in [2.05, 4.69) is 49.9 Å². The second kappa shape index (κ2) is 50.6. The molecule has 2 aliphatic rings. The van der Waals surface area contributed by atoms with Crippen LogP contribution in [0, 0.1) is 20.9 Å². The summed E-state index contributed by atoms with van der Waals surface area (Å²) in [5.41, 5.74) is 2.39.